The zero-order valence-corrected chi connectivity index (χ0v) is 20.2. The van der Waals surface area contributed by atoms with Gasteiger partial charge in [-0.3, -0.25) is 14.3 Å². The van der Waals surface area contributed by atoms with Gasteiger partial charge in [-0.25, -0.2) is 14.5 Å². The highest BCUT2D eigenvalue weighted by molar-refractivity contribution is 7.46. The Kier molecular flexibility index (Phi) is 6.79. The van der Waals surface area contributed by atoms with Crippen LogP contribution in [0.3, 0.4) is 0 Å². The summed E-state index contributed by atoms with van der Waals surface area (Å²) < 4.78 is 17.9. The topological polar surface area (TPSA) is 154 Å². The molecule has 0 bridgehead atoms. The minimum absolute atomic E-state index is 0.212. The van der Waals surface area contributed by atoms with E-state index in [-0.39, 0.29) is 11.6 Å². The lowest BCUT2D eigenvalue weighted by Crippen LogP contribution is -2.23. The number of nitriles is 1. The standard InChI is InChI=1S/C24H21N6O5P/c1-4-23(31)29(3)20-8-17(11-26-13-20)18-9-21-22(16-5-6-27-19(7-16)10-25)14-30(24(21)28-12-18)15(2)35-36(32,33)34/h4-9,11-15H,1H2,2-3H3,(H2,32,33,34). The number of carbonyl (C=O) groups excluding carboxylic acids is 1. The first-order chi connectivity index (χ1) is 17.1. The third-order valence-corrected chi connectivity index (χ3v) is 6.07. The first-order valence-corrected chi connectivity index (χ1v) is 12.1. The van der Waals surface area contributed by atoms with Crippen LogP contribution in [0.5, 0.6) is 0 Å². The van der Waals surface area contributed by atoms with Crippen LogP contribution in [0, 0.1) is 11.3 Å². The molecule has 4 aromatic heterocycles. The lowest BCUT2D eigenvalue weighted by molar-refractivity contribution is -0.113. The molecule has 4 rings (SSSR count). The summed E-state index contributed by atoms with van der Waals surface area (Å²) in [5.74, 6) is -0.285. The SMILES string of the molecule is C=CC(=O)N(C)c1cncc(-c2cnc3c(c2)c(-c2ccnc(C#N)c2)cn3C(C)OP(=O)(O)O)c1. The number of aromatic nitrogens is 4. The number of hydrogen-bond acceptors (Lipinski definition) is 7. The summed E-state index contributed by atoms with van der Waals surface area (Å²) in [6, 6.07) is 8.97. The van der Waals surface area contributed by atoms with Crippen LogP contribution in [0.25, 0.3) is 33.3 Å². The van der Waals surface area contributed by atoms with Crippen molar-refractivity contribution in [3.05, 3.63) is 73.6 Å². The van der Waals surface area contributed by atoms with Gasteiger partial charge in [0.15, 0.2) is 0 Å². The van der Waals surface area contributed by atoms with Crippen LogP contribution in [-0.2, 0) is 13.9 Å². The molecule has 0 spiro atoms. The summed E-state index contributed by atoms with van der Waals surface area (Å²) in [4.78, 5) is 44.8. The molecule has 1 amide bonds. The molecule has 0 aliphatic rings. The number of hydrogen-bond donors (Lipinski definition) is 2. The van der Waals surface area contributed by atoms with Gasteiger partial charge in [-0.1, -0.05) is 6.58 Å². The molecule has 0 radical (unpaired) electrons. The van der Waals surface area contributed by atoms with Crippen molar-refractivity contribution in [2.45, 2.75) is 13.2 Å². The van der Waals surface area contributed by atoms with E-state index in [0.29, 0.717) is 39.0 Å². The van der Waals surface area contributed by atoms with Gasteiger partial charge in [0.05, 0.1) is 11.9 Å². The van der Waals surface area contributed by atoms with Crippen molar-refractivity contribution in [2.75, 3.05) is 11.9 Å². The van der Waals surface area contributed by atoms with E-state index in [2.05, 4.69) is 21.5 Å². The van der Waals surface area contributed by atoms with E-state index in [1.807, 2.05) is 12.1 Å². The monoisotopic (exact) mass is 504 g/mol. The van der Waals surface area contributed by atoms with Crippen molar-refractivity contribution in [1.82, 2.24) is 19.5 Å². The van der Waals surface area contributed by atoms with Crippen LogP contribution in [0.4, 0.5) is 5.69 Å². The molecule has 182 valence electrons. The highest BCUT2D eigenvalue weighted by Gasteiger charge is 2.23. The van der Waals surface area contributed by atoms with Crippen LogP contribution in [0.1, 0.15) is 18.8 Å². The Hall–Kier alpha value is -4.20. The molecule has 1 unspecified atom stereocenters. The average Bonchev–Trinajstić information content (AvgIpc) is 3.26. The highest BCUT2D eigenvalue weighted by Crippen LogP contribution is 2.42. The summed E-state index contributed by atoms with van der Waals surface area (Å²) >= 11 is 0. The zero-order chi connectivity index (χ0) is 26.0. The van der Waals surface area contributed by atoms with Gasteiger partial charge < -0.3 is 19.3 Å². The van der Waals surface area contributed by atoms with Gasteiger partial charge in [-0.05, 0) is 42.8 Å². The van der Waals surface area contributed by atoms with Crippen LogP contribution < -0.4 is 4.90 Å². The van der Waals surface area contributed by atoms with Gasteiger partial charge >= 0.3 is 7.82 Å². The van der Waals surface area contributed by atoms with E-state index in [9.17, 15) is 24.4 Å². The summed E-state index contributed by atoms with van der Waals surface area (Å²) in [7, 11) is -3.16. The van der Waals surface area contributed by atoms with E-state index >= 15 is 0 Å². The van der Waals surface area contributed by atoms with Crippen LogP contribution in [-0.4, -0.2) is 42.3 Å². The van der Waals surface area contributed by atoms with Crippen LogP contribution in [0.2, 0.25) is 0 Å². The Morgan fingerprint density at radius 3 is 2.67 bits per heavy atom. The maximum absolute atomic E-state index is 12.0. The lowest BCUT2D eigenvalue weighted by Gasteiger charge is -2.16. The van der Waals surface area contributed by atoms with E-state index in [4.69, 9.17) is 4.52 Å². The third kappa shape index (κ3) is 5.07. The molecule has 0 saturated heterocycles. The van der Waals surface area contributed by atoms with Crippen LogP contribution >= 0.6 is 7.82 Å². The Morgan fingerprint density at radius 2 is 1.97 bits per heavy atom. The van der Waals surface area contributed by atoms with Gasteiger partial charge in [0, 0.05) is 53.9 Å². The summed E-state index contributed by atoms with van der Waals surface area (Å²) in [6.07, 6.45) is 8.11. The molecular weight excluding hydrogens is 483 g/mol. The van der Waals surface area contributed by atoms with E-state index in [1.54, 1.807) is 50.0 Å². The van der Waals surface area contributed by atoms with Crippen LogP contribution in [0.15, 0.2) is 67.9 Å². The highest BCUT2D eigenvalue weighted by atomic mass is 31.2. The minimum Gasteiger partial charge on any atom is -0.310 e. The zero-order valence-electron chi connectivity index (χ0n) is 19.3. The van der Waals surface area contributed by atoms with Crippen molar-refractivity contribution in [3.8, 4) is 28.3 Å². The van der Waals surface area contributed by atoms with Gasteiger partial charge in [0.1, 0.15) is 23.6 Å². The maximum Gasteiger partial charge on any atom is 0.471 e. The van der Waals surface area contributed by atoms with Crippen molar-refractivity contribution >= 4 is 30.5 Å². The molecular formula is C24H21N6O5P. The number of fused-ring (bicyclic) bond motifs is 1. The maximum atomic E-state index is 12.0. The number of pyridine rings is 3. The molecule has 1 atom stereocenters. The number of amides is 1. The molecule has 4 heterocycles. The second-order valence-electron chi connectivity index (χ2n) is 7.82. The number of carbonyl (C=O) groups is 1. The second kappa shape index (κ2) is 9.81. The average molecular weight is 504 g/mol. The van der Waals surface area contributed by atoms with Crippen molar-refractivity contribution in [2.24, 2.45) is 0 Å². The Bertz CT molecular complexity index is 1570. The fraction of sp³-hybridized carbons (Fsp3) is 0.125. The Balaban J connectivity index is 1.89. The van der Waals surface area contributed by atoms with E-state index in [1.165, 1.54) is 28.7 Å². The molecule has 36 heavy (non-hydrogen) atoms. The minimum atomic E-state index is -4.77. The summed E-state index contributed by atoms with van der Waals surface area (Å²) in [5, 5.41) is 9.93. The lowest BCUT2D eigenvalue weighted by atomic mass is 10.0. The predicted molar refractivity (Wildman–Crippen MR) is 132 cm³/mol. The predicted octanol–water partition coefficient (Wildman–Crippen LogP) is 3.81. The third-order valence-electron chi connectivity index (χ3n) is 5.49. The van der Waals surface area contributed by atoms with Crippen molar-refractivity contribution in [1.29, 1.82) is 5.26 Å². The number of nitrogens with zero attached hydrogens (tertiary/aromatic N) is 6. The summed E-state index contributed by atoms with van der Waals surface area (Å²) in [6.45, 7) is 4.99. The fourth-order valence-corrected chi connectivity index (χ4v) is 4.24. The van der Waals surface area contributed by atoms with Crippen molar-refractivity contribution < 1.29 is 23.7 Å². The molecule has 11 nitrogen and oxygen atoms in total. The molecule has 0 saturated carbocycles. The largest absolute Gasteiger partial charge is 0.471 e. The first kappa shape index (κ1) is 24.9. The molecule has 0 aliphatic carbocycles. The number of phosphoric ester groups is 1. The first-order valence-electron chi connectivity index (χ1n) is 10.6. The van der Waals surface area contributed by atoms with Gasteiger partial charge in [-0.15, -0.1) is 0 Å². The van der Waals surface area contributed by atoms with Gasteiger partial charge in [0.25, 0.3) is 0 Å². The Morgan fingerprint density at radius 1 is 1.22 bits per heavy atom. The number of likely N-dealkylation sites (N-methyl/N-ethyl adjacent to an activating group) is 1. The molecule has 4 aromatic rings. The quantitative estimate of drug-likeness (QED) is 0.282. The number of rotatable bonds is 7. The fourth-order valence-electron chi connectivity index (χ4n) is 3.74. The Labute approximate surface area is 206 Å². The molecule has 2 N–H and O–H groups in total. The molecule has 0 aliphatic heterocycles. The van der Waals surface area contributed by atoms with E-state index in [0.717, 1.165) is 0 Å². The van der Waals surface area contributed by atoms with E-state index < -0.39 is 14.1 Å². The normalized spacial score (nSPS) is 12.2. The molecule has 0 aromatic carbocycles. The smallest absolute Gasteiger partial charge is 0.310 e. The summed E-state index contributed by atoms with van der Waals surface area (Å²) in [5.41, 5.74) is 3.88. The number of anilines is 1. The molecule has 12 heteroatoms. The van der Waals surface area contributed by atoms with Crippen molar-refractivity contribution in [3.63, 3.8) is 0 Å². The van der Waals surface area contributed by atoms with Gasteiger partial charge in [0.2, 0.25) is 5.91 Å². The molecule has 0 fully saturated rings. The number of phosphoric acid groups is 1. The second-order valence-corrected chi connectivity index (χ2v) is 9.01. The van der Waals surface area contributed by atoms with Gasteiger partial charge in [-0.2, -0.15) is 5.26 Å².